The Morgan fingerprint density at radius 3 is 2.61 bits per heavy atom. The topological polar surface area (TPSA) is 135 Å². The number of ether oxygens (including phenoxy) is 3. The summed E-state index contributed by atoms with van der Waals surface area (Å²) in [6.45, 7) is -0.170. The van der Waals surface area contributed by atoms with Gasteiger partial charge in [0.25, 0.3) is 11.8 Å². The molecule has 1 fully saturated rings. The number of amides is 4. The molecule has 1 aliphatic rings. The molecule has 15 heteroatoms. The number of hydrogen-bond donors (Lipinski definition) is 3. The number of hydrogen-bond acceptors (Lipinski definition) is 8. The van der Waals surface area contributed by atoms with Crippen molar-refractivity contribution in [3.8, 4) is 5.75 Å². The van der Waals surface area contributed by atoms with Gasteiger partial charge in [-0.2, -0.15) is 8.78 Å². The monoisotopic (exact) mass is 574 g/mol. The van der Waals surface area contributed by atoms with Gasteiger partial charge in [-0.15, -0.1) is 11.3 Å². The third-order valence-corrected chi connectivity index (χ3v) is 6.16. The van der Waals surface area contributed by atoms with Gasteiger partial charge in [-0.05, 0) is 38.1 Å². The first kappa shape index (κ1) is 29.1. The molecule has 0 spiro atoms. The Hall–Kier alpha value is -3.49. The number of carbonyl (C=O) groups is 4. The maximum absolute atomic E-state index is 13.1. The predicted octanol–water partition coefficient (Wildman–Crippen LogP) is 3.24. The van der Waals surface area contributed by atoms with Crippen LogP contribution >= 0.6 is 22.9 Å². The summed E-state index contributed by atoms with van der Waals surface area (Å²) >= 11 is 6.88. The van der Waals surface area contributed by atoms with Crippen LogP contribution in [0.15, 0.2) is 30.3 Å². The van der Waals surface area contributed by atoms with Crippen molar-refractivity contribution in [2.45, 2.75) is 32.6 Å². The van der Waals surface area contributed by atoms with Gasteiger partial charge in [0, 0.05) is 24.8 Å². The van der Waals surface area contributed by atoms with E-state index in [1.807, 2.05) is 0 Å². The van der Waals surface area contributed by atoms with E-state index in [4.69, 9.17) is 21.1 Å². The van der Waals surface area contributed by atoms with Crippen LogP contribution < -0.4 is 25.6 Å². The van der Waals surface area contributed by atoms with Crippen LogP contribution in [0.1, 0.15) is 23.5 Å². The molecular weight excluding hydrogens is 550 g/mol. The minimum Gasteiger partial charge on any atom is -0.447 e. The maximum atomic E-state index is 13.1. The molecule has 38 heavy (non-hydrogen) atoms. The van der Waals surface area contributed by atoms with Crippen LogP contribution in [-0.2, 0) is 19.1 Å². The zero-order valence-electron chi connectivity index (χ0n) is 20.3. The minimum absolute atomic E-state index is 0.0375. The zero-order valence-corrected chi connectivity index (χ0v) is 21.9. The number of anilines is 2. The molecule has 2 heterocycles. The highest BCUT2D eigenvalue weighted by Gasteiger charge is 2.27. The molecule has 0 radical (unpaired) electrons. The number of benzene rings is 1. The van der Waals surface area contributed by atoms with Crippen LogP contribution in [0.5, 0.6) is 5.75 Å². The standard InChI is InChI=1S/C23H25ClF2N4O7S/c1-12(2)36-23(34)29-14(10-27-21(33)17-5-6-18(24)38-17)20(32)28-13-3-4-15(16(9-13)37-22(25)26)30-7-8-35-11-19(30)31/h3-6,9,12,14,22H,7-8,10-11H2,1-2H3,(H,27,33)(H,28,32)(H,29,34)/t14-/m1/s1. The molecule has 11 nitrogen and oxygen atoms in total. The average molecular weight is 575 g/mol. The minimum atomic E-state index is -3.20. The smallest absolute Gasteiger partial charge is 0.408 e. The Kier molecular flexibility index (Phi) is 10.2. The summed E-state index contributed by atoms with van der Waals surface area (Å²) in [6, 6.07) is 5.58. The fourth-order valence-electron chi connectivity index (χ4n) is 3.33. The van der Waals surface area contributed by atoms with Crippen LogP contribution in [0, 0.1) is 0 Å². The van der Waals surface area contributed by atoms with Crippen molar-refractivity contribution in [1.29, 1.82) is 0 Å². The highest BCUT2D eigenvalue weighted by atomic mass is 35.5. The Morgan fingerprint density at radius 1 is 1.21 bits per heavy atom. The van der Waals surface area contributed by atoms with Gasteiger partial charge in [-0.3, -0.25) is 14.4 Å². The first-order chi connectivity index (χ1) is 18.0. The second-order valence-electron chi connectivity index (χ2n) is 8.11. The van der Waals surface area contributed by atoms with Crippen LogP contribution in [0.3, 0.4) is 0 Å². The molecule has 3 rings (SSSR count). The van der Waals surface area contributed by atoms with Crippen molar-refractivity contribution < 1.29 is 42.2 Å². The zero-order chi connectivity index (χ0) is 27.8. The van der Waals surface area contributed by atoms with Crippen molar-refractivity contribution in [3.05, 3.63) is 39.5 Å². The van der Waals surface area contributed by atoms with E-state index in [0.717, 1.165) is 17.4 Å². The molecule has 1 aromatic carbocycles. The molecule has 1 aliphatic heterocycles. The molecular formula is C23H25ClF2N4O7S. The second-order valence-corrected chi connectivity index (χ2v) is 9.83. The highest BCUT2D eigenvalue weighted by molar-refractivity contribution is 7.18. The average Bonchev–Trinajstić information content (AvgIpc) is 3.28. The van der Waals surface area contributed by atoms with Crippen LogP contribution in [0.2, 0.25) is 4.34 Å². The lowest BCUT2D eigenvalue weighted by molar-refractivity contribution is -0.125. The van der Waals surface area contributed by atoms with E-state index in [9.17, 15) is 28.0 Å². The van der Waals surface area contributed by atoms with Gasteiger partial charge in [0.2, 0.25) is 5.91 Å². The number of nitrogens with zero attached hydrogens (tertiary/aromatic N) is 1. The molecule has 206 valence electrons. The summed E-state index contributed by atoms with van der Waals surface area (Å²) in [5, 5.41) is 7.39. The van der Waals surface area contributed by atoms with E-state index < -0.39 is 42.6 Å². The predicted molar refractivity (Wildman–Crippen MR) is 135 cm³/mol. The Morgan fingerprint density at radius 2 is 1.97 bits per heavy atom. The quantitative estimate of drug-likeness (QED) is 0.396. The number of thiophene rings is 1. The number of nitrogens with one attached hydrogen (secondary N) is 3. The molecule has 0 bridgehead atoms. The lowest BCUT2D eigenvalue weighted by Crippen LogP contribution is -2.51. The van der Waals surface area contributed by atoms with Crippen LogP contribution in [-0.4, -0.2) is 68.9 Å². The molecule has 1 atom stereocenters. The van der Waals surface area contributed by atoms with E-state index in [2.05, 4.69) is 20.7 Å². The van der Waals surface area contributed by atoms with Crippen molar-refractivity contribution in [1.82, 2.24) is 10.6 Å². The van der Waals surface area contributed by atoms with Gasteiger partial charge >= 0.3 is 12.7 Å². The molecule has 1 aromatic heterocycles. The van der Waals surface area contributed by atoms with Crippen molar-refractivity contribution in [3.63, 3.8) is 0 Å². The van der Waals surface area contributed by atoms with E-state index in [1.54, 1.807) is 13.8 Å². The molecule has 4 amide bonds. The third-order valence-electron chi connectivity index (χ3n) is 4.94. The second kappa shape index (κ2) is 13.3. The Labute approximate surface area is 225 Å². The normalized spacial score (nSPS) is 14.3. The molecule has 0 aliphatic carbocycles. The number of carbonyl (C=O) groups excluding carboxylic acids is 4. The Bertz CT molecular complexity index is 1180. The van der Waals surface area contributed by atoms with Gasteiger partial charge in [-0.25, -0.2) is 4.79 Å². The highest BCUT2D eigenvalue weighted by Crippen LogP contribution is 2.33. The van der Waals surface area contributed by atoms with Gasteiger partial charge in [0.15, 0.2) is 5.75 Å². The van der Waals surface area contributed by atoms with E-state index in [0.29, 0.717) is 9.21 Å². The fraction of sp³-hybridized carbons (Fsp3) is 0.391. The van der Waals surface area contributed by atoms with Crippen molar-refractivity contribution in [2.24, 2.45) is 0 Å². The summed E-state index contributed by atoms with van der Waals surface area (Å²) < 4.78 is 41.3. The van der Waals surface area contributed by atoms with Gasteiger partial charge in [0.1, 0.15) is 12.6 Å². The van der Waals surface area contributed by atoms with E-state index >= 15 is 0 Å². The van der Waals surface area contributed by atoms with E-state index in [1.165, 1.54) is 29.2 Å². The summed E-state index contributed by atoms with van der Waals surface area (Å²) in [6.07, 6.45) is -1.39. The Balaban J connectivity index is 1.77. The molecule has 3 N–H and O–H groups in total. The first-order valence-corrected chi connectivity index (χ1v) is 12.5. The largest absolute Gasteiger partial charge is 0.447 e. The summed E-state index contributed by atoms with van der Waals surface area (Å²) in [5.41, 5.74) is 0.115. The number of alkyl carbamates (subject to hydrolysis) is 1. The van der Waals surface area contributed by atoms with Gasteiger partial charge < -0.3 is 35.1 Å². The summed E-state index contributed by atoms with van der Waals surface area (Å²) in [5.74, 6) is -2.10. The lowest BCUT2D eigenvalue weighted by atomic mass is 10.2. The fourth-order valence-corrected chi connectivity index (χ4v) is 4.28. The van der Waals surface area contributed by atoms with Crippen LogP contribution in [0.25, 0.3) is 0 Å². The van der Waals surface area contributed by atoms with Crippen molar-refractivity contribution in [2.75, 3.05) is 36.5 Å². The molecule has 0 saturated carbocycles. The maximum Gasteiger partial charge on any atom is 0.408 e. The first-order valence-electron chi connectivity index (χ1n) is 11.3. The lowest BCUT2D eigenvalue weighted by Gasteiger charge is -2.28. The summed E-state index contributed by atoms with van der Waals surface area (Å²) in [4.78, 5) is 51.3. The third kappa shape index (κ3) is 8.26. The summed E-state index contributed by atoms with van der Waals surface area (Å²) in [7, 11) is 0. The molecule has 0 unspecified atom stereocenters. The number of halogens is 3. The van der Waals surface area contributed by atoms with Crippen LogP contribution in [0.4, 0.5) is 25.0 Å². The van der Waals surface area contributed by atoms with Gasteiger partial charge in [0.05, 0.1) is 27.6 Å². The number of morpholine rings is 1. The molecule has 2 aromatic rings. The van der Waals surface area contributed by atoms with E-state index in [-0.39, 0.29) is 43.4 Å². The number of alkyl halides is 2. The SMILES string of the molecule is CC(C)OC(=O)N[C@H](CNC(=O)c1ccc(Cl)s1)C(=O)Nc1ccc(N2CCOCC2=O)c(OC(F)F)c1. The van der Waals surface area contributed by atoms with Gasteiger partial charge in [-0.1, -0.05) is 11.6 Å². The number of rotatable bonds is 10. The van der Waals surface area contributed by atoms with Crippen molar-refractivity contribution >= 4 is 58.1 Å². The molecule has 1 saturated heterocycles.